The van der Waals surface area contributed by atoms with Crippen LogP contribution >= 0.6 is 11.6 Å². The summed E-state index contributed by atoms with van der Waals surface area (Å²) in [7, 11) is 0. The molecular formula is C43H50ClF2N9O5. The minimum absolute atomic E-state index is 0.0109. The van der Waals surface area contributed by atoms with Gasteiger partial charge in [-0.15, -0.1) is 0 Å². The molecule has 1 aliphatic carbocycles. The average Bonchev–Trinajstić information content (AvgIpc) is 3.87. The zero-order chi connectivity index (χ0) is 41.9. The van der Waals surface area contributed by atoms with E-state index in [0.717, 1.165) is 63.7 Å². The lowest BCUT2D eigenvalue weighted by Gasteiger charge is -2.37. The summed E-state index contributed by atoms with van der Waals surface area (Å²) in [5.74, 6) is 5.75. The van der Waals surface area contributed by atoms with Crippen LogP contribution in [0.1, 0.15) is 111 Å². The summed E-state index contributed by atoms with van der Waals surface area (Å²) < 4.78 is 43.5. The highest BCUT2D eigenvalue weighted by Gasteiger charge is 2.32. The van der Waals surface area contributed by atoms with Crippen molar-refractivity contribution in [3.05, 3.63) is 70.3 Å². The van der Waals surface area contributed by atoms with Gasteiger partial charge in [-0.2, -0.15) is 10.2 Å². The lowest BCUT2D eigenvalue weighted by molar-refractivity contribution is -0.134. The predicted molar refractivity (Wildman–Crippen MR) is 220 cm³/mol. The molecule has 318 valence electrons. The molecule has 60 heavy (non-hydrogen) atoms. The zero-order valence-electron chi connectivity index (χ0n) is 33.8. The number of rotatable bonds is 10. The highest BCUT2D eigenvalue weighted by atomic mass is 35.5. The lowest BCUT2D eigenvalue weighted by Crippen LogP contribution is -2.47. The van der Waals surface area contributed by atoms with Crippen LogP contribution in [0.2, 0.25) is 5.02 Å². The topological polar surface area (TPSA) is 148 Å². The smallest absolute Gasteiger partial charge is 0.284 e. The van der Waals surface area contributed by atoms with Crippen LogP contribution in [0.4, 0.5) is 20.3 Å². The van der Waals surface area contributed by atoms with Gasteiger partial charge >= 0.3 is 0 Å². The van der Waals surface area contributed by atoms with E-state index in [4.69, 9.17) is 26.1 Å². The Morgan fingerprint density at radius 2 is 1.90 bits per heavy atom. The normalized spacial score (nSPS) is 24.4. The number of amides is 3. The van der Waals surface area contributed by atoms with Gasteiger partial charge in [0.05, 0.1) is 48.7 Å². The number of hydrogen-bond donors (Lipinski definition) is 2. The molecule has 4 aromatic rings. The summed E-state index contributed by atoms with van der Waals surface area (Å²) in [5.41, 5.74) is 1.47. The fourth-order valence-corrected chi connectivity index (χ4v) is 9.08. The molecule has 17 heteroatoms. The van der Waals surface area contributed by atoms with Gasteiger partial charge in [0, 0.05) is 55.6 Å². The van der Waals surface area contributed by atoms with Crippen molar-refractivity contribution < 1.29 is 32.6 Å². The van der Waals surface area contributed by atoms with E-state index >= 15 is 0 Å². The molecule has 14 nitrogen and oxygen atoms in total. The van der Waals surface area contributed by atoms with Crippen molar-refractivity contribution in [3.63, 3.8) is 0 Å². The quantitative estimate of drug-likeness (QED) is 0.140. The van der Waals surface area contributed by atoms with E-state index < -0.39 is 23.9 Å². The van der Waals surface area contributed by atoms with Crippen molar-refractivity contribution in [1.29, 1.82) is 0 Å². The molecule has 3 amide bonds. The van der Waals surface area contributed by atoms with Gasteiger partial charge in [-0.05, 0) is 94.5 Å². The summed E-state index contributed by atoms with van der Waals surface area (Å²) in [5, 5.41) is 14.1. The Labute approximate surface area is 352 Å². The number of anilines is 2. The molecule has 3 atom stereocenters. The molecule has 1 saturated carbocycles. The van der Waals surface area contributed by atoms with E-state index in [-0.39, 0.29) is 53.8 Å². The number of hydrogen-bond acceptors (Lipinski definition) is 10. The molecule has 0 spiro atoms. The monoisotopic (exact) mass is 845 g/mol. The lowest BCUT2D eigenvalue weighted by atomic mass is 9.85. The number of halogens is 3. The van der Waals surface area contributed by atoms with Crippen molar-refractivity contribution in [2.45, 2.75) is 102 Å². The molecule has 1 aromatic carbocycles. The Bertz CT molecular complexity index is 2270. The Balaban J connectivity index is 0.799. The minimum Gasteiger partial charge on any atom is -0.375 e. The predicted octanol–water partition coefficient (Wildman–Crippen LogP) is 6.17. The second kappa shape index (κ2) is 18.3. The fourth-order valence-electron chi connectivity index (χ4n) is 8.83. The number of fused-ring (bicyclic) bond motifs is 1. The number of ether oxygens (including phenoxy) is 2. The van der Waals surface area contributed by atoms with Gasteiger partial charge in [-0.3, -0.25) is 24.4 Å². The van der Waals surface area contributed by atoms with Crippen LogP contribution in [0.25, 0.3) is 5.65 Å². The Morgan fingerprint density at radius 3 is 2.67 bits per heavy atom. The van der Waals surface area contributed by atoms with Crippen LogP contribution in [-0.2, 0) is 19.1 Å². The zero-order valence-corrected chi connectivity index (χ0v) is 34.5. The second-order valence-corrected chi connectivity index (χ2v) is 16.9. The van der Waals surface area contributed by atoms with Crippen molar-refractivity contribution in [2.75, 3.05) is 49.6 Å². The van der Waals surface area contributed by atoms with E-state index in [0.29, 0.717) is 54.1 Å². The van der Waals surface area contributed by atoms with Crippen molar-refractivity contribution in [2.24, 2.45) is 5.92 Å². The second-order valence-electron chi connectivity index (χ2n) is 16.4. The number of imide groups is 1. The number of alkyl halides is 2. The molecule has 8 rings (SSSR count). The number of nitrogens with one attached hydrogen (secondary N) is 2. The van der Waals surface area contributed by atoms with E-state index in [9.17, 15) is 23.2 Å². The Hall–Kier alpha value is -4.95. The molecule has 4 fully saturated rings. The molecule has 0 bridgehead atoms. The molecular weight excluding hydrogens is 796 g/mol. The highest BCUT2D eigenvalue weighted by Crippen LogP contribution is 2.36. The number of nitrogens with zero attached hydrogens (tertiary/aromatic N) is 7. The van der Waals surface area contributed by atoms with Gasteiger partial charge in [-0.1, -0.05) is 23.4 Å². The van der Waals surface area contributed by atoms with Gasteiger partial charge in [0.1, 0.15) is 18.0 Å². The summed E-state index contributed by atoms with van der Waals surface area (Å²) in [6.45, 7) is 8.40. The molecule has 0 radical (unpaired) electrons. The van der Waals surface area contributed by atoms with Gasteiger partial charge in [-0.25, -0.2) is 18.3 Å². The molecule has 2 unspecified atom stereocenters. The molecule has 3 aliphatic heterocycles. The first-order valence-corrected chi connectivity index (χ1v) is 21.2. The Kier molecular flexibility index (Phi) is 12.8. The first-order chi connectivity index (χ1) is 29.0. The van der Waals surface area contributed by atoms with Gasteiger partial charge in [0.2, 0.25) is 11.8 Å². The number of morpholine rings is 1. The molecule has 3 aromatic heterocycles. The molecule has 2 N–H and O–H groups in total. The average molecular weight is 846 g/mol. The summed E-state index contributed by atoms with van der Waals surface area (Å²) in [4.78, 5) is 46.8. The maximum Gasteiger partial charge on any atom is 0.284 e. The SMILES string of the molecule is CC1CN(c2ccn3ncc(C(=O)Nc4cn(C5CCC(CN6CCC(OCC#Cc7ccc(Cl)c(C8CCC(=O)NC8=O)c7)CC6)CC5)nc4C(F)F)c3n2)[C@H](C)CO1. The van der Waals surface area contributed by atoms with Crippen LogP contribution in [0.15, 0.2) is 42.9 Å². The third kappa shape index (κ3) is 9.49. The first-order valence-electron chi connectivity index (χ1n) is 20.9. The summed E-state index contributed by atoms with van der Waals surface area (Å²) in [6.07, 6.45) is 8.02. The number of aromatic nitrogens is 5. The molecule has 6 heterocycles. The van der Waals surface area contributed by atoms with Crippen LogP contribution < -0.4 is 15.5 Å². The van der Waals surface area contributed by atoms with E-state index in [1.807, 2.05) is 32.0 Å². The van der Waals surface area contributed by atoms with Crippen molar-refractivity contribution >= 4 is 46.5 Å². The minimum atomic E-state index is -2.86. The number of piperidine rings is 2. The van der Waals surface area contributed by atoms with Gasteiger partial charge in [0.25, 0.3) is 12.3 Å². The third-order valence-corrected chi connectivity index (χ3v) is 12.5. The Morgan fingerprint density at radius 1 is 1.10 bits per heavy atom. The summed E-state index contributed by atoms with van der Waals surface area (Å²) in [6, 6.07) is 7.26. The van der Waals surface area contributed by atoms with E-state index in [2.05, 4.69) is 42.5 Å². The maximum absolute atomic E-state index is 14.3. The van der Waals surface area contributed by atoms with E-state index in [1.165, 1.54) is 16.9 Å². The van der Waals surface area contributed by atoms with Crippen molar-refractivity contribution in [3.8, 4) is 11.8 Å². The molecule has 3 saturated heterocycles. The highest BCUT2D eigenvalue weighted by molar-refractivity contribution is 6.31. The van der Waals surface area contributed by atoms with Crippen LogP contribution in [0, 0.1) is 17.8 Å². The van der Waals surface area contributed by atoms with Gasteiger partial charge in [0.15, 0.2) is 11.3 Å². The fraction of sp³-hybridized carbons (Fsp3) is 0.535. The standard InChI is InChI=1S/C43H50ClF2N9O5/c1-26-25-60-27(2)22-53(26)37-15-18-54-41(49-37)34(21-47-54)43(58)48-36-24-55(51-39(36)40(45)46)30-8-5-29(6-9-30)23-52-16-13-31(14-17-52)59-19-3-4-28-7-11-35(44)33(20-28)32-10-12-38(56)50-42(32)57/h7,11,15,18,20-21,24,26-27,29-32,40H,5-6,8-10,12-14,16-17,19,22-23,25H2,1-2H3,(H,48,58)(H,50,56,57)/t26-,27?,29?,30?,32?/m1/s1. The first kappa shape index (κ1) is 41.8. The number of carbonyl (C=O) groups excluding carboxylic acids is 3. The maximum atomic E-state index is 14.3. The van der Waals surface area contributed by atoms with Gasteiger partial charge < -0.3 is 24.6 Å². The van der Waals surface area contributed by atoms with Crippen LogP contribution in [0.3, 0.4) is 0 Å². The van der Waals surface area contributed by atoms with Crippen LogP contribution in [-0.4, -0.2) is 105 Å². The molecule has 4 aliphatic rings. The number of carbonyl (C=O) groups is 3. The number of benzene rings is 1. The third-order valence-electron chi connectivity index (χ3n) is 12.2. The summed E-state index contributed by atoms with van der Waals surface area (Å²) >= 11 is 6.39. The van der Waals surface area contributed by atoms with Crippen LogP contribution in [0.5, 0.6) is 0 Å². The largest absolute Gasteiger partial charge is 0.375 e. The van der Waals surface area contributed by atoms with Crippen molar-refractivity contribution in [1.82, 2.24) is 34.6 Å². The number of likely N-dealkylation sites (tertiary alicyclic amines) is 1. The van der Waals surface area contributed by atoms with E-state index in [1.54, 1.807) is 16.9 Å².